The lowest BCUT2D eigenvalue weighted by Crippen LogP contribution is -2.47. The summed E-state index contributed by atoms with van der Waals surface area (Å²) in [6.45, 7) is 2.30. The standard InChI is InChI=1S/C19H23F3N2O3/c20-19(21,22)15-4-1-3-14(11-15)12-16-13-24(9-10-27-16)18(26)6-8-23-7-2-5-17(23)25/h1,3-4,11,16H,2,5-10,12-13H2/t16-/m0/s1. The van der Waals surface area contributed by atoms with E-state index in [1.54, 1.807) is 15.9 Å². The molecule has 0 bridgehead atoms. The Morgan fingerprint density at radius 2 is 2.07 bits per heavy atom. The van der Waals surface area contributed by atoms with Crippen LogP contribution in [0.4, 0.5) is 13.2 Å². The number of halogens is 3. The van der Waals surface area contributed by atoms with E-state index in [-0.39, 0.29) is 24.3 Å². The van der Waals surface area contributed by atoms with Gasteiger partial charge >= 0.3 is 6.18 Å². The number of hydrogen-bond donors (Lipinski definition) is 0. The molecule has 3 rings (SSSR count). The van der Waals surface area contributed by atoms with Crippen LogP contribution in [0, 0.1) is 0 Å². The van der Waals surface area contributed by atoms with Crippen molar-refractivity contribution in [2.24, 2.45) is 0 Å². The van der Waals surface area contributed by atoms with Crippen LogP contribution in [0.5, 0.6) is 0 Å². The predicted molar refractivity (Wildman–Crippen MR) is 91.9 cm³/mol. The van der Waals surface area contributed by atoms with Crippen molar-refractivity contribution >= 4 is 11.8 Å². The molecule has 5 nitrogen and oxygen atoms in total. The van der Waals surface area contributed by atoms with Crippen LogP contribution in [0.1, 0.15) is 30.4 Å². The molecule has 1 aromatic carbocycles. The van der Waals surface area contributed by atoms with Gasteiger partial charge in [0.05, 0.1) is 18.3 Å². The minimum absolute atomic E-state index is 0.0490. The van der Waals surface area contributed by atoms with Crippen LogP contribution in [-0.2, 0) is 26.9 Å². The van der Waals surface area contributed by atoms with Crippen molar-refractivity contribution in [2.45, 2.75) is 38.0 Å². The monoisotopic (exact) mass is 384 g/mol. The summed E-state index contributed by atoms with van der Waals surface area (Å²) in [6, 6.07) is 5.19. The zero-order chi connectivity index (χ0) is 19.4. The third-order valence-electron chi connectivity index (χ3n) is 4.98. The first kappa shape index (κ1) is 19.7. The van der Waals surface area contributed by atoms with Crippen LogP contribution >= 0.6 is 0 Å². The first-order chi connectivity index (χ1) is 12.8. The van der Waals surface area contributed by atoms with Crippen LogP contribution in [0.2, 0.25) is 0 Å². The van der Waals surface area contributed by atoms with Crippen LogP contribution < -0.4 is 0 Å². The highest BCUT2D eigenvalue weighted by Gasteiger charge is 2.31. The number of likely N-dealkylation sites (tertiary alicyclic amines) is 1. The van der Waals surface area contributed by atoms with Crippen molar-refractivity contribution in [1.29, 1.82) is 0 Å². The molecule has 27 heavy (non-hydrogen) atoms. The summed E-state index contributed by atoms with van der Waals surface area (Å²) < 4.78 is 44.2. The van der Waals surface area contributed by atoms with Crippen molar-refractivity contribution in [2.75, 3.05) is 32.8 Å². The number of nitrogens with zero attached hydrogens (tertiary/aromatic N) is 2. The second-order valence-corrected chi connectivity index (χ2v) is 6.97. The first-order valence-electron chi connectivity index (χ1n) is 9.16. The van der Waals surface area contributed by atoms with E-state index >= 15 is 0 Å². The highest BCUT2D eigenvalue weighted by Crippen LogP contribution is 2.30. The molecule has 0 spiro atoms. The maximum atomic E-state index is 12.8. The van der Waals surface area contributed by atoms with E-state index in [1.165, 1.54) is 6.07 Å². The van der Waals surface area contributed by atoms with Gasteiger partial charge in [-0.2, -0.15) is 13.2 Å². The molecule has 2 fully saturated rings. The second-order valence-electron chi connectivity index (χ2n) is 6.97. The second kappa shape index (κ2) is 8.29. The van der Waals surface area contributed by atoms with E-state index in [0.29, 0.717) is 51.2 Å². The van der Waals surface area contributed by atoms with Crippen molar-refractivity contribution in [3.8, 4) is 0 Å². The van der Waals surface area contributed by atoms with Crippen molar-refractivity contribution in [3.63, 3.8) is 0 Å². The fourth-order valence-electron chi connectivity index (χ4n) is 3.54. The Bertz CT molecular complexity index is 693. The zero-order valence-electron chi connectivity index (χ0n) is 15.0. The number of rotatable bonds is 5. The zero-order valence-corrected chi connectivity index (χ0v) is 15.0. The van der Waals surface area contributed by atoms with E-state index in [2.05, 4.69) is 0 Å². The predicted octanol–water partition coefficient (Wildman–Crippen LogP) is 2.49. The van der Waals surface area contributed by atoms with Gasteiger partial charge in [-0.05, 0) is 18.1 Å². The number of morpholine rings is 1. The Balaban J connectivity index is 1.53. The van der Waals surface area contributed by atoms with Gasteiger partial charge in [-0.15, -0.1) is 0 Å². The maximum Gasteiger partial charge on any atom is 0.416 e. The number of carbonyl (C=O) groups excluding carboxylic acids is 2. The largest absolute Gasteiger partial charge is 0.416 e. The average Bonchev–Trinajstić information content (AvgIpc) is 3.04. The fourth-order valence-corrected chi connectivity index (χ4v) is 3.54. The Kier molecular flexibility index (Phi) is 6.04. The van der Waals surface area contributed by atoms with Gasteiger partial charge in [-0.1, -0.05) is 18.2 Å². The van der Waals surface area contributed by atoms with Gasteiger partial charge in [-0.25, -0.2) is 0 Å². The lowest BCUT2D eigenvalue weighted by Gasteiger charge is -2.33. The molecule has 8 heteroatoms. The third-order valence-corrected chi connectivity index (χ3v) is 4.98. The summed E-state index contributed by atoms with van der Waals surface area (Å²) >= 11 is 0. The SMILES string of the molecule is O=C1CCCN1CCC(=O)N1CCO[C@@H](Cc2cccc(C(F)(F)F)c2)C1. The number of amides is 2. The van der Waals surface area contributed by atoms with Crippen LogP contribution in [0.15, 0.2) is 24.3 Å². The Hall–Kier alpha value is -2.09. The summed E-state index contributed by atoms with van der Waals surface area (Å²) in [5.74, 6) is 0.0410. The summed E-state index contributed by atoms with van der Waals surface area (Å²) in [7, 11) is 0. The van der Waals surface area contributed by atoms with E-state index in [4.69, 9.17) is 4.74 Å². The van der Waals surface area contributed by atoms with Crippen molar-refractivity contribution < 1.29 is 27.5 Å². The summed E-state index contributed by atoms with van der Waals surface area (Å²) in [5.41, 5.74) is -0.147. The molecule has 2 aliphatic heterocycles. The van der Waals surface area contributed by atoms with Crippen LogP contribution in [0.25, 0.3) is 0 Å². The van der Waals surface area contributed by atoms with E-state index in [9.17, 15) is 22.8 Å². The van der Waals surface area contributed by atoms with Crippen LogP contribution in [0.3, 0.4) is 0 Å². The summed E-state index contributed by atoms with van der Waals surface area (Å²) in [5, 5.41) is 0. The highest BCUT2D eigenvalue weighted by atomic mass is 19.4. The van der Waals surface area contributed by atoms with Gasteiger partial charge in [0, 0.05) is 45.4 Å². The Morgan fingerprint density at radius 3 is 2.78 bits per heavy atom. The number of benzene rings is 1. The molecular formula is C19H23F3N2O3. The number of hydrogen-bond acceptors (Lipinski definition) is 3. The van der Waals surface area contributed by atoms with Gasteiger partial charge in [0.1, 0.15) is 0 Å². The van der Waals surface area contributed by atoms with E-state index < -0.39 is 11.7 Å². The fraction of sp³-hybridized carbons (Fsp3) is 0.579. The van der Waals surface area contributed by atoms with Gasteiger partial charge in [0.25, 0.3) is 0 Å². The Labute approximate surface area is 156 Å². The minimum Gasteiger partial charge on any atom is -0.374 e. The molecule has 1 atom stereocenters. The van der Waals surface area contributed by atoms with Gasteiger partial charge in [0.2, 0.25) is 11.8 Å². The molecule has 0 radical (unpaired) electrons. The summed E-state index contributed by atoms with van der Waals surface area (Å²) in [4.78, 5) is 27.4. The molecule has 0 N–H and O–H groups in total. The molecule has 2 aliphatic rings. The molecule has 0 unspecified atom stereocenters. The van der Waals surface area contributed by atoms with Gasteiger partial charge in [-0.3, -0.25) is 9.59 Å². The maximum absolute atomic E-state index is 12.8. The minimum atomic E-state index is -4.38. The smallest absolute Gasteiger partial charge is 0.374 e. The molecule has 1 aromatic rings. The molecule has 148 valence electrons. The number of carbonyl (C=O) groups is 2. The molecule has 2 saturated heterocycles. The van der Waals surface area contributed by atoms with E-state index in [1.807, 2.05) is 0 Å². The topological polar surface area (TPSA) is 49.9 Å². The average molecular weight is 384 g/mol. The van der Waals surface area contributed by atoms with Crippen LogP contribution in [-0.4, -0.2) is 60.5 Å². The number of alkyl halides is 3. The molecule has 0 aromatic heterocycles. The lowest BCUT2D eigenvalue weighted by atomic mass is 10.0. The molecule has 2 amide bonds. The first-order valence-corrected chi connectivity index (χ1v) is 9.16. The van der Waals surface area contributed by atoms with E-state index in [0.717, 1.165) is 18.6 Å². The normalized spacial score (nSPS) is 21.0. The van der Waals surface area contributed by atoms with Gasteiger partial charge in [0.15, 0.2) is 0 Å². The molecule has 0 saturated carbocycles. The number of ether oxygens (including phenoxy) is 1. The molecule has 0 aliphatic carbocycles. The Morgan fingerprint density at radius 1 is 1.26 bits per heavy atom. The third kappa shape index (κ3) is 5.22. The van der Waals surface area contributed by atoms with Crippen molar-refractivity contribution in [3.05, 3.63) is 35.4 Å². The summed E-state index contributed by atoms with van der Waals surface area (Å²) in [6.07, 6.45) is -2.74. The van der Waals surface area contributed by atoms with Gasteiger partial charge < -0.3 is 14.5 Å². The quantitative estimate of drug-likeness (QED) is 0.784. The molecule has 2 heterocycles. The lowest BCUT2D eigenvalue weighted by molar-refractivity contribution is -0.139. The molecular weight excluding hydrogens is 361 g/mol. The highest BCUT2D eigenvalue weighted by molar-refractivity contribution is 5.80. The van der Waals surface area contributed by atoms with Crippen molar-refractivity contribution in [1.82, 2.24) is 9.80 Å².